The molecule has 10 heteroatoms. The van der Waals surface area contributed by atoms with Crippen LogP contribution in [-0.2, 0) is 10.0 Å². The van der Waals surface area contributed by atoms with Crippen molar-refractivity contribution in [2.75, 3.05) is 24.3 Å². The van der Waals surface area contributed by atoms with Crippen LogP contribution in [0.1, 0.15) is 10.4 Å². The van der Waals surface area contributed by atoms with Gasteiger partial charge in [0.15, 0.2) is 0 Å². The number of hydrogen-bond acceptors (Lipinski definition) is 6. The summed E-state index contributed by atoms with van der Waals surface area (Å²) in [5.41, 5.74) is 0.595. The average molecular weight is 448 g/mol. The van der Waals surface area contributed by atoms with Crippen molar-refractivity contribution >= 4 is 38.9 Å². The second-order valence-corrected chi connectivity index (χ2v) is 7.97. The molecule has 1 amide bonds. The molecule has 30 heavy (non-hydrogen) atoms. The van der Waals surface area contributed by atoms with E-state index in [0.29, 0.717) is 17.2 Å². The topological polar surface area (TPSA) is 107 Å². The third-order valence-electron chi connectivity index (χ3n) is 4.09. The van der Waals surface area contributed by atoms with Gasteiger partial charge in [-0.1, -0.05) is 23.7 Å². The molecule has 1 aromatic heterocycles. The molecule has 0 aliphatic heterocycles. The van der Waals surface area contributed by atoms with Gasteiger partial charge < -0.3 is 14.8 Å². The van der Waals surface area contributed by atoms with Crippen LogP contribution in [0.4, 0.5) is 11.4 Å². The predicted molar refractivity (Wildman–Crippen MR) is 114 cm³/mol. The maximum absolute atomic E-state index is 12.9. The van der Waals surface area contributed by atoms with E-state index in [4.69, 9.17) is 21.1 Å². The number of hydrogen-bond donors (Lipinski definition) is 2. The van der Waals surface area contributed by atoms with Crippen LogP contribution in [0.2, 0.25) is 5.15 Å². The van der Waals surface area contributed by atoms with Crippen molar-refractivity contribution in [2.45, 2.75) is 4.90 Å². The Morgan fingerprint density at radius 2 is 1.77 bits per heavy atom. The number of methoxy groups -OCH3 is 2. The van der Waals surface area contributed by atoms with E-state index in [1.807, 2.05) is 0 Å². The number of nitrogens with zero attached hydrogens (tertiary/aromatic N) is 1. The molecule has 0 fully saturated rings. The Kier molecular flexibility index (Phi) is 6.43. The first kappa shape index (κ1) is 21.4. The molecule has 0 bridgehead atoms. The van der Waals surface area contributed by atoms with Gasteiger partial charge in [-0.15, -0.1) is 0 Å². The number of carbonyl (C=O) groups is 1. The van der Waals surface area contributed by atoms with Gasteiger partial charge >= 0.3 is 0 Å². The van der Waals surface area contributed by atoms with Crippen LogP contribution in [0, 0.1) is 0 Å². The molecular weight excluding hydrogens is 430 g/mol. The summed E-state index contributed by atoms with van der Waals surface area (Å²) in [6, 6.07) is 13.9. The molecule has 0 spiro atoms. The summed E-state index contributed by atoms with van der Waals surface area (Å²) >= 11 is 5.91. The Morgan fingerprint density at radius 1 is 1.00 bits per heavy atom. The molecule has 8 nitrogen and oxygen atoms in total. The second kappa shape index (κ2) is 9.02. The Labute approximate surface area is 178 Å². The third kappa shape index (κ3) is 4.64. The molecule has 156 valence electrons. The number of anilines is 2. The first-order valence-electron chi connectivity index (χ1n) is 8.61. The van der Waals surface area contributed by atoms with Crippen molar-refractivity contribution in [2.24, 2.45) is 0 Å². The summed E-state index contributed by atoms with van der Waals surface area (Å²) in [5, 5.41) is 2.54. The summed E-state index contributed by atoms with van der Waals surface area (Å²) in [6.07, 6.45) is 1.38. The maximum Gasteiger partial charge on any atom is 0.264 e. The van der Waals surface area contributed by atoms with Crippen molar-refractivity contribution in [3.05, 3.63) is 71.5 Å². The molecule has 0 radical (unpaired) electrons. The highest BCUT2D eigenvalue weighted by molar-refractivity contribution is 7.92. The molecule has 0 aliphatic rings. The first-order chi connectivity index (χ1) is 14.4. The maximum atomic E-state index is 12.9. The molecule has 2 aromatic carbocycles. The molecule has 0 atom stereocenters. The van der Waals surface area contributed by atoms with Gasteiger partial charge in [-0.2, -0.15) is 0 Å². The fourth-order valence-electron chi connectivity index (χ4n) is 2.63. The Balaban J connectivity index is 1.90. The van der Waals surface area contributed by atoms with E-state index in [1.54, 1.807) is 30.3 Å². The van der Waals surface area contributed by atoms with Crippen LogP contribution in [-0.4, -0.2) is 33.5 Å². The zero-order valence-corrected chi connectivity index (χ0v) is 17.6. The lowest BCUT2D eigenvalue weighted by molar-refractivity contribution is 0.102. The lowest BCUT2D eigenvalue weighted by Gasteiger charge is -2.15. The normalized spacial score (nSPS) is 10.9. The average Bonchev–Trinajstić information content (AvgIpc) is 2.74. The number of carbonyl (C=O) groups excluding carboxylic acids is 1. The van der Waals surface area contributed by atoms with E-state index in [1.165, 1.54) is 44.7 Å². The van der Waals surface area contributed by atoms with Crippen LogP contribution >= 0.6 is 11.6 Å². The predicted octanol–water partition coefficient (Wildman–Crippen LogP) is 3.81. The van der Waals surface area contributed by atoms with E-state index < -0.39 is 15.9 Å². The Hall–Kier alpha value is -3.30. The van der Waals surface area contributed by atoms with Gasteiger partial charge in [-0.05, 0) is 36.4 Å². The van der Waals surface area contributed by atoms with Gasteiger partial charge in [0.05, 0.1) is 31.2 Å². The Bertz CT molecular complexity index is 1180. The number of para-hydroxylation sites is 1. The fraction of sp³-hybridized carbons (Fsp3) is 0.100. The molecule has 1 heterocycles. The second-order valence-electron chi connectivity index (χ2n) is 5.96. The number of aromatic nitrogens is 1. The zero-order chi connectivity index (χ0) is 21.7. The third-order valence-corrected chi connectivity index (χ3v) is 5.90. The number of benzene rings is 2. The highest BCUT2D eigenvalue weighted by atomic mass is 35.5. The van der Waals surface area contributed by atoms with Crippen LogP contribution in [0.25, 0.3) is 0 Å². The fourth-order valence-corrected chi connectivity index (χ4v) is 4.17. The van der Waals surface area contributed by atoms with Crippen LogP contribution < -0.4 is 19.5 Å². The van der Waals surface area contributed by atoms with Crippen molar-refractivity contribution < 1.29 is 22.7 Å². The van der Waals surface area contributed by atoms with Crippen LogP contribution in [0.5, 0.6) is 11.5 Å². The Morgan fingerprint density at radius 3 is 2.47 bits per heavy atom. The molecular formula is C20H18ClN3O5S. The largest absolute Gasteiger partial charge is 0.497 e. The minimum absolute atomic E-state index is 0.0856. The highest BCUT2D eigenvalue weighted by Crippen LogP contribution is 2.30. The number of amides is 1. The minimum Gasteiger partial charge on any atom is -0.497 e. The SMILES string of the molecule is COc1ccc(NC(=O)c2ccccc2NS(=O)(=O)c2cccnc2Cl)c(OC)c1. The van der Waals surface area contributed by atoms with E-state index >= 15 is 0 Å². The summed E-state index contributed by atoms with van der Waals surface area (Å²) < 4.78 is 38.3. The molecule has 3 rings (SSSR count). The van der Waals surface area contributed by atoms with Crippen molar-refractivity contribution in [3.63, 3.8) is 0 Å². The number of halogens is 1. The molecule has 0 aliphatic carbocycles. The molecule has 0 saturated heterocycles. The molecule has 3 aromatic rings. The van der Waals surface area contributed by atoms with Crippen LogP contribution in [0.15, 0.2) is 65.7 Å². The number of sulfonamides is 1. The van der Waals surface area contributed by atoms with Crippen LogP contribution in [0.3, 0.4) is 0 Å². The van der Waals surface area contributed by atoms with Gasteiger partial charge in [-0.3, -0.25) is 9.52 Å². The van der Waals surface area contributed by atoms with E-state index in [9.17, 15) is 13.2 Å². The first-order valence-corrected chi connectivity index (χ1v) is 10.5. The van der Waals surface area contributed by atoms with Gasteiger partial charge in [0.2, 0.25) is 0 Å². The number of ether oxygens (including phenoxy) is 2. The zero-order valence-electron chi connectivity index (χ0n) is 16.0. The van der Waals surface area contributed by atoms with Gasteiger partial charge in [0.25, 0.3) is 15.9 Å². The summed E-state index contributed by atoms with van der Waals surface area (Å²) in [5.74, 6) is 0.420. The molecule has 2 N–H and O–H groups in total. The van der Waals surface area contributed by atoms with Crippen molar-refractivity contribution in [3.8, 4) is 11.5 Å². The summed E-state index contributed by atoms with van der Waals surface area (Å²) in [7, 11) is -1.08. The van der Waals surface area contributed by atoms with Crippen molar-refractivity contribution in [1.29, 1.82) is 0 Å². The smallest absolute Gasteiger partial charge is 0.264 e. The number of pyridine rings is 1. The van der Waals surface area contributed by atoms with Gasteiger partial charge in [0.1, 0.15) is 21.5 Å². The van der Waals surface area contributed by atoms with E-state index in [2.05, 4.69) is 15.0 Å². The lowest BCUT2D eigenvalue weighted by atomic mass is 10.1. The summed E-state index contributed by atoms with van der Waals surface area (Å²) in [4.78, 5) is 16.5. The standard InChI is InChI=1S/C20H18ClN3O5S/c1-28-13-9-10-16(17(12-13)29-2)23-20(25)14-6-3-4-7-15(14)24-30(26,27)18-8-5-11-22-19(18)21/h3-12,24H,1-2H3,(H,23,25). The number of nitrogens with one attached hydrogen (secondary N) is 2. The monoisotopic (exact) mass is 447 g/mol. The van der Waals surface area contributed by atoms with Crippen molar-refractivity contribution in [1.82, 2.24) is 4.98 Å². The lowest BCUT2D eigenvalue weighted by Crippen LogP contribution is -2.19. The minimum atomic E-state index is -4.06. The highest BCUT2D eigenvalue weighted by Gasteiger charge is 2.22. The number of rotatable bonds is 7. The van der Waals surface area contributed by atoms with E-state index in [-0.39, 0.29) is 21.3 Å². The quantitative estimate of drug-likeness (QED) is 0.533. The van der Waals surface area contributed by atoms with E-state index in [0.717, 1.165) is 0 Å². The van der Waals surface area contributed by atoms with Gasteiger partial charge in [0, 0.05) is 12.3 Å². The summed E-state index contributed by atoms with van der Waals surface area (Å²) in [6.45, 7) is 0. The molecule has 0 unspecified atom stereocenters. The van der Waals surface area contributed by atoms with Gasteiger partial charge in [-0.25, -0.2) is 13.4 Å². The molecule has 0 saturated carbocycles.